The fraction of sp³-hybridized carbons (Fsp3) is 0.533. The Bertz CT molecular complexity index is 457. The van der Waals surface area contributed by atoms with Crippen LogP contribution in [0.2, 0.25) is 0 Å². The Labute approximate surface area is 119 Å². The summed E-state index contributed by atoms with van der Waals surface area (Å²) in [6.45, 7) is 3.98. The Morgan fingerprint density at radius 2 is 2.10 bits per heavy atom. The van der Waals surface area contributed by atoms with Crippen molar-refractivity contribution in [3.63, 3.8) is 0 Å². The zero-order valence-corrected chi connectivity index (χ0v) is 12.3. The lowest BCUT2D eigenvalue weighted by Crippen LogP contribution is -2.44. The van der Waals surface area contributed by atoms with Crippen LogP contribution < -0.4 is 15.2 Å². The van der Waals surface area contributed by atoms with E-state index < -0.39 is 11.5 Å². The van der Waals surface area contributed by atoms with E-state index in [1.807, 2.05) is 18.2 Å². The van der Waals surface area contributed by atoms with Crippen molar-refractivity contribution >= 4 is 5.97 Å². The van der Waals surface area contributed by atoms with Crippen LogP contribution in [-0.4, -0.2) is 30.3 Å². The van der Waals surface area contributed by atoms with Crippen molar-refractivity contribution in [3.8, 4) is 11.5 Å². The first-order chi connectivity index (χ1) is 9.40. The number of hydrogen-bond donors (Lipinski definition) is 2. The highest BCUT2D eigenvalue weighted by molar-refractivity contribution is 5.77. The van der Waals surface area contributed by atoms with E-state index in [2.05, 4.69) is 6.92 Å². The minimum Gasteiger partial charge on any atom is -0.493 e. The van der Waals surface area contributed by atoms with E-state index in [0.29, 0.717) is 30.9 Å². The normalized spacial score (nSPS) is 13.6. The zero-order chi connectivity index (χ0) is 15.2. The molecule has 1 aromatic carbocycles. The number of aliphatic carboxylic acids is 1. The van der Waals surface area contributed by atoms with E-state index in [1.165, 1.54) is 12.5 Å². The first kappa shape index (κ1) is 16.3. The highest BCUT2D eigenvalue weighted by atomic mass is 16.5. The van der Waals surface area contributed by atoms with Gasteiger partial charge in [-0.25, -0.2) is 0 Å². The number of ether oxygens (including phenoxy) is 2. The number of hydrogen-bond acceptors (Lipinski definition) is 4. The van der Waals surface area contributed by atoms with Gasteiger partial charge in [-0.15, -0.1) is 0 Å². The fourth-order valence-electron chi connectivity index (χ4n) is 1.78. The molecule has 0 saturated carbocycles. The third-order valence-electron chi connectivity index (χ3n) is 3.22. The van der Waals surface area contributed by atoms with Gasteiger partial charge in [-0.3, -0.25) is 4.79 Å². The number of methoxy groups -OCH3 is 1. The Kier molecular flexibility index (Phi) is 5.82. The van der Waals surface area contributed by atoms with Gasteiger partial charge in [0.2, 0.25) is 0 Å². The van der Waals surface area contributed by atoms with E-state index in [-0.39, 0.29) is 0 Å². The van der Waals surface area contributed by atoms with Crippen LogP contribution in [0.25, 0.3) is 0 Å². The first-order valence-electron chi connectivity index (χ1n) is 6.72. The van der Waals surface area contributed by atoms with Crippen LogP contribution in [0.4, 0.5) is 0 Å². The van der Waals surface area contributed by atoms with Crippen LogP contribution in [0.15, 0.2) is 18.2 Å². The molecule has 0 spiro atoms. The fourth-order valence-corrected chi connectivity index (χ4v) is 1.78. The number of carboxylic acids is 1. The van der Waals surface area contributed by atoms with Crippen molar-refractivity contribution in [1.29, 1.82) is 0 Å². The topological polar surface area (TPSA) is 81.8 Å². The number of carboxylic acid groups (broad SMARTS) is 1. The molecular weight excluding hydrogens is 258 g/mol. The zero-order valence-electron chi connectivity index (χ0n) is 12.3. The minimum absolute atomic E-state index is 0.359. The summed E-state index contributed by atoms with van der Waals surface area (Å²) >= 11 is 0. The summed E-state index contributed by atoms with van der Waals surface area (Å²) in [6.07, 6.45) is 1.86. The smallest absolute Gasteiger partial charge is 0.323 e. The van der Waals surface area contributed by atoms with E-state index in [4.69, 9.17) is 20.3 Å². The van der Waals surface area contributed by atoms with Crippen LogP contribution in [0.5, 0.6) is 11.5 Å². The molecule has 0 heterocycles. The molecule has 20 heavy (non-hydrogen) atoms. The molecule has 0 aliphatic rings. The number of benzene rings is 1. The van der Waals surface area contributed by atoms with Gasteiger partial charge in [0.1, 0.15) is 5.54 Å². The molecule has 5 nitrogen and oxygen atoms in total. The summed E-state index contributed by atoms with van der Waals surface area (Å²) in [5.41, 5.74) is 5.62. The van der Waals surface area contributed by atoms with Gasteiger partial charge >= 0.3 is 5.97 Å². The molecule has 0 bridgehead atoms. The predicted molar refractivity (Wildman–Crippen MR) is 77.3 cm³/mol. The van der Waals surface area contributed by atoms with Crippen molar-refractivity contribution in [2.24, 2.45) is 5.73 Å². The van der Waals surface area contributed by atoms with Crippen molar-refractivity contribution in [2.75, 3.05) is 13.7 Å². The maximum absolute atomic E-state index is 10.9. The molecule has 0 aliphatic heterocycles. The Morgan fingerprint density at radius 1 is 1.40 bits per heavy atom. The molecule has 112 valence electrons. The van der Waals surface area contributed by atoms with Gasteiger partial charge in [0, 0.05) is 0 Å². The SMILES string of the molecule is CCc1ccc(OCCCC(C)(N)C(=O)O)c(OC)c1. The summed E-state index contributed by atoms with van der Waals surface area (Å²) in [4.78, 5) is 10.9. The summed E-state index contributed by atoms with van der Waals surface area (Å²) < 4.78 is 10.9. The molecular formula is C15H23NO4. The number of aryl methyl sites for hydroxylation is 1. The van der Waals surface area contributed by atoms with Gasteiger partial charge in [-0.1, -0.05) is 13.0 Å². The molecule has 0 amide bonds. The van der Waals surface area contributed by atoms with E-state index in [0.717, 1.165) is 6.42 Å². The highest BCUT2D eigenvalue weighted by Gasteiger charge is 2.26. The van der Waals surface area contributed by atoms with Crippen LogP contribution in [-0.2, 0) is 11.2 Å². The lowest BCUT2D eigenvalue weighted by molar-refractivity contribution is -0.143. The standard InChI is InChI=1S/C15H23NO4/c1-4-11-6-7-12(13(10-11)19-3)20-9-5-8-15(2,16)14(17)18/h6-7,10H,4-5,8-9,16H2,1-3H3,(H,17,18). The quantitative estimate of drug-likeness (QED) is 0.714. The lowest BCUT2D eigenvalue weighted by atomic mass is 9.98. The molecule has 1 unspecified atom stereocenters. The number of nitrogens with two attached hydrogens (primary N) is 1. The lowest BCUT2D eigenvalue weighted by Gasteiger charge is -2.19. The second-order valence-corrected chi connectivity index (χ2v) is 5.01. The van der Waals surface area contributed by atoms with Gasteiger partial charge in [-0.2, -0.15) is 0 Å². The average Bonchev–Trinajstić information content (AvgIpc) is 2.43. The van der Waals surface area contributed by atoms with Crippen molar-refractivity contribution in [3.05, 3.63) is 23.8 Å². The maximum atomic E-state index is 10.9. The molecule has 1 atom stereocenters. The summed E-state index contributed by atoms with van der Waals surface area (Å²) in [5, 5.41) is 8.91. The van der Waals surface area contributed by atoms with E-state index in [9.17, 15) is 4.79 Å². The van der Waals surface area contributed by atoms with Gasteiger partial charge < -0.3 is 20.3 Å². The van der Waals surface area contributed by atoms with Crippen molar-refractivity contribution < 1.29 is 19.4 Å². The minimum atomic E-state index is -1.21. The van der Waals surface area contributed by atoms with Crippen LogP contribution in [0.1, 0.15) is 32.3 Å². The molecule has 1 rings (SSSR count). The third-order valence-corrected chi connectivity index (χ3v) is 3.22. The first-order valence-corrected chi connectivity index (χ1v) is 6.72. The monoisotopic (exact) mass is 281 g/mol. The molecule has 0 aromatic heterocycles. The molecule has 5 heteroatoms. The van der Waals surface area contributed by atoms with Gasteiger partial charge in [0.25, 0.3) is 0 Å². The predicted octanol–water partition coefficient (Wildman–Crippen LogP) is 2.22. The second kappa shape index (κ2) is 7.14. The van der Waals surface area contributed by atoms with Gasteiger partial charge in [-0.05, 0) is 43.9 Å². The largest absolute Gasteiger partial charge is 0.493 e. The molecule has 3 N–H and O–H groups in total. The Hall–Kier alpha value is -1.75. The number of carbonyl (C=O) groups is 1. The molecule has 1 aromatic rings. The summed E-state index contributed by atoms with van der Waals surface area (Å²) in [5.74, 6) is 0.360. The van der Waals surface area contributed by atoms with E-state index >= 15 is 0 Å². The summed E-state index contributed by atoms with van der Waals surface area (Å²) in [6, 6.07) is 5.80. The van der Waals surface area contributed by atoms with Crippen LogP contribution in [0.3, 0.4) is 0 Å². The van der Waals surface area contributed by atoms with Crippen molar-refractivity contribution in [2.45, 2.75) is 38.6 Å². The summed E-state index contributed by atoms with van der Waals surface area (Å²) in [7, 11) is 1.60. The number of rotatable bonds is 8. The molecule has 0 radical (unpaired) electrons. The van der Waals surface area contributed by atoms with E-state index in [1.54, 1.807) is 7.11 Å². The average molecular weight is 281 g/mol. The van der Waals surface area contributed by atoms with Crippen LogP contribution >= 0.6 is 0 Å². The third kappa shape index (κ3) is 4.42. The Balaban J connectivity index is 2.52. The van der Waals surface area contributed by atoms with Crippen LogP contribution in [0, 0.1) is 0 Å². The molecule has 0 aliphatic carbocycles. The Morgan fingerprint density at radius 3 is 2.65 bits per heavy atom. The molecule has 0 fully saturated rings. The van der Waals surface area contributed by atoms with Gasteiger partial charge in [0.05, 0.1) is 13.7 Å². The molecule has 0 saturated heterocycles. The second-order valence-electron chi connectivity index (χ2n) is 5.01. The van der Waals surface area contributed by atoms with Gasteiger partial charge in [0.15, 0.2) is 11.5 Å². The highest BCUT2D eigenvalue weighted by Crippen LogP contribution is 2.28. The van der Waals surface area contributed by atoms with Crippen molar-refractivity contribution in [1.82, 2.24) is 0 Å². The maximum Gasteiger partial charge on any atom is 0.323 e.